The van der Waals surface area contributed by atoms with Crippen molar-refractivity contribution in [3.8, 4) is 6.07 Å². The van der Waals surface area contributed by atoms with E-state index in [0.717, 1.165) is 37.5 Å². The average Bonchev–Trinajstić information content (AvgIpc) is 2.68. The normalized spacial score (nSPS) is 31.6. The highest BCUT2D eigenvalue weighted by molar-refractivity contribution is 4.95. The molecule has 0 amide bonds. The van der Waals surface area contributed by atoms with Gasteiger partial charge in [0.2, 0.25) is 0 Å². The molecule has 2 rings (SSSR count). The second-order valence-corrected chi connectivity index (χ2v) is 6.84. The summed E-state index contributed by atoms with van der Waals surface area (Å²) in [7, 11) is 2.26. The molecule has 18 heavy (non-hydrogen) atoms. The van der Waals surface area contributed by atoms with Gasteiger partial charge in [-0.3, -0.25) is 0 Å². The SMILES string of the molecule is CN(CCCC(C)(C)C#N)C1CC2CCC(C1)N2. The zero-order valence-electron chi connectivity index (χ0n) is 12.1. The Bertz CT molecular complexity index is 306. The molecule has 2 heterocycles. The van der Waals surface area contributed by atoms with Gasteiger partial charge in [0.05, 0.1) is 11.5 Å². The minimum Gasteiger partial charge on any atom is -0.311 e. The van der Waals surface area contributed by atoms with Crippen LogP contribution in [0.15, 0.2) is 0 Å². The van der Waals surface area contributed by atoms with Crippen LogP contribution in [0.5, 0.6) is 0 Å². The predicted molar refractivity (Wildman–Crippen MR) is 74.2 cm³/mol. The van der Waals surface area contributed by atoms with Crippen LogP contribution in [0.2, 0.25) is 0 Å². The van der Waals surface area contributed by atoms with E-state index < -0.39 is 0 Å². The molecule has 0 aromatic heterocycles. The lowest BCUT2D eigenvalue weighted by Crippen LogP contribution is -2.47. The number of piperidine rings is 1. The van der Waals surface area contributed by atoms with Crippen LogP contribution >= 0.6 is 0 Å². The summed E-state index contributed by atoms with van der Waals surface area (Å²) in [6.07, 6.45) is 7.51. The van der Waals surface area contributed by atoms with Crippen molar-refractivity contribution in [1.29, 1.82) is 5.26 Å². The van der Waals surface area contributed by atoms with E-state index in [4.69, 9.17) is 5.26 Å². The van der Waals surface area contributed by atoms with Crippen molar-refractivity contribution in [1.82, 2.24) is 10.2 Å². The van der Waals surface area contributed by atoms with Crippen molar-refractivity contribution in [3.05, 3.63) is 0 Å². The van der Waals surface area contributed by atoms with Crippen LogP contribution < -0.4 is 5.32 Å². The Morgan fingerprint density at radius 1 is 1.28 bits per heavy atom. The molecule has 0 radical (unpaired) electrons. The Morgan fingerprint density at radius 3 is 2.44 bits per heavy atom. The third-order valence-corrected chi connectivity index (χ3v) is 4.69. The fraction of sp³-hybridized carbons (Fsp3) is 0.933. The summed E-state index contributed by atoms with van der Waals surface area (Å²) in [5, 5.41) is 12.7. The lowest BCUT2D eigenvalue weighted by atomic mass is 9.89. The van der Waals surface area contributed by atoms with Gasteiger partial charge in [0, 0.05) is 18.1 Å². The molecule has 0 aromatic rings. The van der Waals surface area contributed by atoms with Crippen molar-refractivity contribution >= 4 is 0 Å². The summed E-state index contributed by atoms with van der Waals surface area (Å²) in [6.45, 7) is 5.21. The summed E-state index contributed by atoms with van der Waals surface area (Å²) in [6, 6.07) is 4.69. The van der Waals surface area contributed by atoms with Gasteiger partial charge < -0.3 is 10.2 Å². The molecule has 0 aliphatic carbocycles. The van der Waals surface area contributed by atoms with Gasteiger partial charge >= 0.3 is 0 Å². The minimum absolute atomic E-state index is 0.159. The van der Waals surface area contributed by atoms with Crippen LogP contribution in [0.1, 0.15) is 52.4 Å². The Labute approximate surface area is 112 Å². The average molecular weight is 249 g/mol. The van der Waals surface area contributed by atoms with Crippen molar-refractivity contribution in [3.63, 3.8) is 0 Å². The van der Waals surface area contributed by atoms with Crippen LogP contribution in [0.4, 0.5) is 0 Å². The first kappa shape index (κ1) is 13.8. The molecule has 2 bridgehead atoms. The number of fused-ring (bicyclic) bond motifs is 2. The zero-order valence-corrected chi connectivity index (χ0v) is 12.1. The maximum absolute atomic E-state index is 9.01. The number of nitrogens with zero attached hydrogens (tertiary/aromatic N) is 2. The molecule has 0 saturated carbocycles. The van der Waals surface area contributed by atoms with Gasteiger partial charge in [-0.05, 0) is 66.0 Å². The first-order valence-electron chi connectivity index (χ1n) is 7.38. The van der Waals surface area contributed by atoms with E-state index in [1.54, 1.807) is 0 Å². The molecule has 0 aromatic carbocycles. The van der Waals surface area contributed by atoms with E-state index in [9.17, 15) is 0 Å². The number of rotatable bonds is 5. The van der Waals surface area contributed by atoms with Crippen LogP contribution in [0, 0.1) is 16.7 Å². The number of nitrogens with one attached hydrogen (secondary N) is 1. The molecule has 2 atom stereocenters. The molecule has 2 saturated heterocycles. The molecule has 2 fully saturated rings. The molecule has 0 spiro atoms. The lowest BCUT2D eigenvalue weighted by Gasteiger charge is -2.35. The van der Waals surface area contributed by atoms with Gasteiger partial charge in [-0.1, -0.05) is 0 Å². The summed E-state index contributed by atoms with van der Waals surface area (Å²) in [5.74, 6) is 0. The first-order chi connectivity index (χ1) is 8.50. The monoisotopic (exact) mass is 249 g/mol. The quantitative estimate of drug-likeness (QED) is 0.814. The van der Waals surface area contributed by atoms with E-state index in [1.807, 2.05) is 13.8 Å². The Morgan fingerprint density at radius 2 is 1.89 bits per heavy atom. The standard InChI is InChI=1S/C15H27N3/c1-15(2,11-16)7-4-8-18(3)14-9-12-5-6-13(10-14)17-12/h12-14,17H,4-10H2,1-3H3. The van der Waals surface area contributed by atoms with Gasteiger partial charge in [0.15, 0.2) is 0 Å². The van der Waals surface area contributed by atoms with Gasteiger partial charge in [-0.25, -0.2) is 0 Å². The Kier molecular flexibility index (Phi) is 4.29. The maximum atomic E-state index is 9.01. The smallest absolute Gasteiger partial charge is 0.0683 e. The molecule has 3 nitrogen and oxygen atoms in total. The zero-order chi connectivity index (χ0) is 13.2. The minimum atomic E-state index is -0.159. The lowest BCUT2D eigenvalue weighted by molar-refractivity contribution is 0.166. The van der Waals surface area contributed by atoms with E-state index in [2.05, 4.69) is 23.3 Å². The highest BCUT2D eigenvalue weighted by atomic mass is 15.2. The van der Waals surface area contributed by atoms with Gasteiger partial charge in [-0.2, -0.15) is 5.26 Å². The van der Waals surface area contributed by atoms with Crippen LogP contribution in [-0.4, -0.2) is 36.6 Å². The van der Waals surface area contributed by atoms with E-state index in [1.165, 1.54) is 25.7 Å². The predicted octanol–water partition coefficient (Wildman–Crippen LogP) is 2.53. The summed E-state index contributed by atoms with van der Waals surface area (Å²) in [4.78, 5) is 2.53. The van der Waals surface area contributed by atoms with E-state index in [-0.39, 0.29) is 5.41 Å². The molecular formula is C15H27N3. The van der Waals surface area contributed by atoms with Gasteiger partial charge in [-0.15, -0.1) is 0 Å². The van der Waals surface area contributed by atoms with Crippen LogP contribution in [-0.2, 0) is 0 Å². The Hall–Kier alpha value is -0.590. The fourth-order valence-electron chi connectivity index (χ4n) is 3.40. The van der Waals surface area contributed by atoms with E-state index >= 15 is 0 Å². The highest BCUT2D eigenvalue weighted by Crippen LogP contribution is 2.29. The molecule has 2 aliphatic rings. The topological polar surface area (TPSA) is 39.1 Å². The largest absolute Gasteiger partial charge is 0.311 e. The number of nitriles is 1. The molecule has 3 heteroatoms. The molecule has 1 N–H and O–H groups in total. The molecule has 102 valence electrons. The van der Waals surface area contributed by atoms with E-state index in [0.29, 0.717) is 0 Å². The number of hydrogen-bond donors (Lipinski definition) is 1. The molecule has 2 unspecified atom stereocenters. The van der Waals surface area contributed by atoms with Gasteiger partial charge in [0.1, 0.15) is 0 Å². The maximum Gasteiger partial charge on any atom is 0.0683 e. The van der Waals surface area contributed by atoms with Crippen molar-refractivity contribution in [2.75, 3.05) is 13.6 Å². The van der Waals surface area contributed by atoms with Crippen LogP contribution in [0.3, 0.4) is 0 Å². The molecular weight excluding hydrogens is 222 g/mol. The van der Waals surface area contributed by atoms with Crippen LogP contribution in [0.25, 0.3) is 0 Å². The summed E-state index contributed by atoms with van der Waals surface area (Å²) >= 11 is 0. The third kappa shape index (κ3) is 3.46. The summed E-state index contributed by atoms with van der Waals surface area (Å²) < 4.78 is 0. The number of hydrogen-bond acceptors (Lipinski definition) is 3. The van der Waals surface area contributed by atoms with Crippen molar-refractivity contribution in [2.24, 2.45) is 5.41 Å². The fourth-order valence-corrected chi connectivity index (χ4v) is 3.40. The first-order valence-corrected chi connectivity index (χ1v) is 7.38. The Balaban J connectivity index is 1.72. The molecule has 2 aliphatic heterocycles. The van der Waals surface area contributed by atoms with Crippen molar-refractivity contribution < 1.29 is 0 Å². The third-order valence-electron chi connectivity index (χ3n) is 4.69. The van der Waals surface area contributed by atoms with Crippen molar-refractivity contribution in [2.45, 2.75) is 70.5 Å². The highest BCUT2D eigenvalue weighted by Gasteiger charge is 2.34. The second kappa shape index (κ2) is 5.59. The summed E-state index contributed by atoms with van der Waals surface area (Å²) in [5.41, 5.74) is -0.159. The second-order valence-electron chi connectivity index (χ2n) is 6.84. The van der Waals surface area contributed by atoms with Gasteiger partial charge in [0.25, 0.3) is 0 Å².